The van der Waals surface area contributed by atoms with Gasteiger partial charge in [0.25, 0.3) is 0 Å². The molecule has 6 heteroatoms. The molecule has 0 saturated heterocycles. The summed E-state index contributed by atoms with van der Waals surface area (Å²) in [5.74, 6) is 3.63. The first kappa shape index (κ1) is 87.3. The van der Waals surface area contributed by atoms with Crippen LogP contribution in [0.3, 0.4) is 0 Å². The van der Waals surface area contributed by atoms with Gasteiger partial charge in [-0.05, 0) is 88.7 Å². The molecule has 0 fully saturated rings. The molecule has 1 unspecified atom stereocenters. The Bertz CT molecular complexity index is 2950. The minimum absolute atomic E-state index is 0.0370. The van der Waals surface area contributed by atoms with Crippen molar-refractivity contribution < 1.29 is 28.8 Å². The first-order valence-corrected chi connectivity index (χ1v) is 33.3. The summed E-state index contributed by atoms with van der Waals surface area (Å²) >= 11 is 0. The quantitative estimate of drug-likeness (QED) is 0.100. The maximum absolute atomic E-state index is 12.0. The van der Waals surface area contributed by atoms with Crippen LogP contribution in [0, 0.1) is 40.4 Å². The van der Waals surface area contributed by atoms with Crippen molar-refractivity contribution in [2.24, 2.45) is 33.5 Å². The predicted molar refractivity (Wildman–Crippen MR) is 398 cm³/mol. The smallest absolute Gasteiger partial charge is 0.176 e. The van der Waals surface area contributed by atoms with Gasteiger partial charge in [0, 0.05) is 49.8 Å². The Morgan fingerprint density at radius 1 is 0.293 bits per heavy atom. The van der Waals surface area contributed by atoms with Gasteiger partial charge in [-0.1, -0.05) is 352 Å². The zero-order chi connectivity index (χ0) is 72.1. The highest BCUT2D eigenvalue weighted by Crippen LogP contribution is 2.28. The van der Waals surface area contributed by atoms with E-state index in [4.69, 9.17) is 0 Å². The number of rotatable bonds is 10. The minimum atomic E-state index is -0.302. The zero-order valence-corrected chi connectivity index (χ0v) is 63.6. The Morgan fingerprint density at radius 2 is 0.489 bits per heavy atom. The van der Waals surface area contributed by atoms with Crippen LogP contribution in [-0.2, 0) is 20.4 Å². The number of ketones is 6. The van der Waals surface area contributed by atoms with Gasteiger partial charge in [-0.25, -0.2) is 0 Å². The average molecular weight is 1260 g/mol. The fourth-order valence-corrected chi connectivity index (χ4v) is 7.60. The molecule has 0 saturated carbocycles. The van der Waals surface area contributed by atoms with E-state index in [1.807, 2.05) is 182 Å². The van der Waals surface area contributed by atoms with Crippen LogP contribution in [0.15, 0.2) is 158 Å². The van der Waals surface area contributed by atoms with E-state index in [1.165, 1.54) is 40.3 Å². The summed E-state index contributed by atoms with van der Waals surface area (Å²) in [6.45, 7) is 66.0. The van der Waals surface area contributed by atoms with Crippen molar-refractivity contribution in [1.82, 2.24) is 0 Å². The van der Waals surface area contributed by atoms with Crippen molar-refractivity contribution in [3.8, 4) is 0 Å². The third-order valence-electron chi connectivity index (χ3n) is 15.0. The Labute approximate surface area is 563 Å². The Kier molecular flexibility index (Phi) is 37.6. The van der Waals surface area contributed by atoms with E-state index in [-0.39, 0.29) is 79.0 Å². The summed E-state index contributed by atoms with van der Waals surface area (Å²) < 4.78 is 0. The normalized spacial score (nSPS) is 11.7. The van der Waals surface area contributed by atoms with Crippen molar-refractivity contribution >= 4 is 34.7 Å². The molecule has 92 heavy (non-hydrogen) atoms. The van der Waals surface area contributed by atoms with E-state index < -0.39 is 0 Å². The fourth-order valence-electron chi connectivity index (χ4n) is 7.60. The van der Waals surface area contributed by atoms with E-state index in [2.05, 4.69) is 177 Å². The van der Waals surface area contributed by atoms with E-state index >= 15 is 0 Å². The molecule has 0 bridgehead atoms. The summed E-state index contributed by atoms with van der Waals surface area (Å²) in [4.78, 5) is 68.2. The van der Waals surface area contributed by atoms with Gasteiger partial charge in [0.2, 0.25) is 0 Å². The molecule has 0 aliphatic heterocycles. The highest BCUT2D eigenvalue weighted by Gasteiger charge is 2.26. The lowest BCUT2D eigenvalue weighted by Gasteiger charge is -2.20. The molecule has 0 aromatic heterocycles. The minimum Gasteiger partial charge on any atom is -0.299 e. The van der Waals surface area contributed by atoms with Crippen molar-refractivity contribution in [3.63, 3.8) is 0 Å². The van der Waals surface area contributed by atoms with Crippen LogP contribution in [0.4, 0.5) is 0 Å². The van der Waals surface area contributed by atoms with Gasteiger partial charge < -0.3 is 0 Å². The Morgan fingerprint density at radius 3 is 0.641 bits per heavy atom. The molecule has 0 aliphatic carbocycles. The molecule has 0 radical (unpaired) electrons. The maximum Gasteiger partial charge on any atom is 0.176 e. The summed E-state index contributed by atoms with van der Waals surface area (Å²) in [7, 11) is 0. The molecule has 6 aromatic carbocycles. The van der Waals surface area contributed by atoms with Gasteiger partial charge in [-0.15, -0.1) is 0 Å². The third-order valence-corrected chi connectivity index (χ3v) is 15.0. The summed E-state index contributed by atoms with van der Waals surface area (Å²) in [5, 5.41) is 0. The predicted octanol–water partition coefficient (Wildman–Crippen LogP) is 24.4. The van der Waals surface area contributed by atoms with Gasteiger partial charge >= 0.3 is 0 Å². The summed E-state index contributed by atoms with van der Waals surface area (Å²) in [6.07, 6.45) is 0. The van der Waals surface area contributed by atoms with Crippen molar-refractivity contribution in [1.29, 1.82) is 0 Å². The second-order valence-corrected chi connectivity index (χ2v) is 31.9. The standard InChI is InChI=1S/2C15H22O.C14H20O.C13H18O.2C9H12.C6H12O.C5H9O/c2*1-14(2,3)12-9-7-11(8-10-12)13(16)15(4,5)6;1-10(2)11-6-8-12(9-7-11)13(15)14(3,4)5;1-9(2)11-5-7-12(8-6-11)13(14)10(3)4;2*1-8(2)9-6-4-3-5-7-9;1-5(7)6(2,3)4;1-4(2)5(3)6/h2*7-10H,1-6H3;6-10H,1-5H3;5-10H,1-4H3;2*3-8H,1-2H3;1-4H3;4H,1H2,2-3H3/q;;;;;;;+1. The van der Waals surface area contributed by atoms with Crippen LogP contribution in [0.2, 0.25) is 0 Å². The molecule has 0 heterocycles. The number of benzene rings is 6. The molecule has 506 valence electrons. The fraction of sp³-hybridized carbons (Fsp3) is 0.500. The molecule has 6 nitrogen and oxygen atoms in total. The molecular formula is C86H127O6+. The number of Topliss-reactive ketones (excluding diaryl/α,β-unsaturated/α-hetero) is 6. The van der Waals surface area contributed by atoms with Gasteiger partial charge in [-0.2, -0.15) is 0 Å². The Balaban J connectivity index is 0. The zero-order valence-electron chi connectivity index (χ0n) is 63.6. The largest absolute Gasteiger partial charge is 0.299 e. The highest BCUT2D eigenvalue weighted by atomic mass is 16.1. The lowest BCUT2D eigenvalue weighted by Crippen LogP contribution is -2.20. The topological polar surface area (TPSA) is 102 Å². The second-order valence-electron chi connectivity index (χ2n) is 31.9. The van der Waals surface area contributed by atoms with Gasteiger partial charge in [-0.3, -0.25) is 28.8 Å². The van der Waals surface area contributed by atoms with Gasteiger partial charge in [0.1, 0.15) is 11.7 Å². The number of carbonyl (C=O) groups is 6. The van der Waals surface area contributed by atoms with Gasteiger partial charge in [0.05, 0.1) is 6.92 Å². The second kappa shape index (κ2) is 39.7. The van der Waals surface area contributed by atoms with Crippen LogP contribution in [0.1, 0.15) is 313 Å². The van der Waals surface area contributed by atoms with E-state index in [0.29, 0.717) is 23.7 Å². The van der Waals surface area contributed by atoms with Crippen LogP contribution < -0.4 is 0 Å². The lowest BCUT2D eigenvalue weighted by molar-refractivity contribution is -0.124. The molecule has 0 aliphatic rings. The lowest BCUT2D eigenvalue weighted by atomic mass is 9.83. The van der Waals surface area contributed by atoms with E-state index in [9.17, 15) is 28.8 Å². The molecule has 1 atom stereocenters. The maximum atomic E-state index is 12.0. The van der Waals surface area contributed by atoms with Gasteiger partial charge in [0.15, 0.2) is 28.9 Å². The van der Waals surface area contributed by atoms with Crippen LogP contribution >= 0.6 is 0 Å². The van der Waals surface area contributed by atoms with E-state index in [1.54, 1.807) is 13.8 Å². The third kappa shape index (κ3) is 35.9. The number of hydrogen-bond acceptors (Lipinski definition) is 6. The number of hydrogen-bond donors (Lipinski definition) is 0. The molecule has 0 spiro atoms. The average Bonchev–Trinajstić information content (AvgIpc) is 0.885. The highest BCUT2D eigenvalue weighted by molar-refractivity contribution is 6.01. The molecule has 0 N–H and O–H groups in total. The van der Waals surface area contributed by atoms with Crippen LogP contribution in [0.25, 0.3) is 0 Å². The van der Waals surface area contributed by atoms with Crippen molar-refractivity contribution in [2.75, 3.05) is 0 Å². The molecular weight excluding hydrogens is 1130 g/mol. The van der Waals surface area contributed by atoms with Crippen molar-refractivity contribution in [2.45, 2.75) is 249 Å². The van der Waals surface area contributed by atoms with E-state index in [0.717, 1.165) is 22.3 Å². The molecule has 0 amide bonds. The number of carbonyl (C=O) groups excluding carboxylic acids is 6. The van der Waals surface area contributed by atoms with Crippen LogP contribution in [-0.4, -0.2) is 34.7 Å². The molecule has 6 rings (SSSR count). The monoisotopic (exact) mass is 1260 g/mol. The van der Waals surface area contributed by atoms with Crippen LogP contribution in [0.5, 0.6) is 0 Å². The molecule has 6 aromatic rings. The van der Waals surface area contributed by atoms with Crippen molar-refractivity contribution in [3.05, 3.63) is 220 Å². The first-order chi connectivity index (χ1) is 41.8. The first-order valence-electron chi connectivity index (χ1n) is 33.3. The summed E-state index contributed by atoms with van der Waals surface area (Å²) in [5.41, 5.74) is 10.4. The SMILES string of the molecule is CC(=O)C(C)(C)C.CC(C)(C)C(=O)c1ccc(C(C)(C)C)cc1.CC(C)(C)C(=O)c1ccc(C(C)(C)C)cc1.CC(C)C(=O)c1ccc(C(C)C)cc1.CC(C)c1ccc(C(=O)C(C)(C)C)cc1.CC(C)c1ccccc1.CC(C)c1ccccc1.[CH2+]C(C)C(C)=O. The summed E-state index contributed by atoms with van der Waals surface area (Å²) in [6, 6.07) is 52.9. The Hall–Kier alpha value is -6.79.